The molecule has 2 aromatic carbocycles. The van der Waals surface area contributed by atoms with Crippen LogP contribution in [-0.4, -0.2) is 59.5 Å². The van der Waals surface area contributed by atoms with Gasteiger partial charge in [0, 0.05) is 49.0 Å². The number of anilines is 1. The van der Waals surface area contributed by atoms with E-state index in [1.165, 1.54) is 29.3 Å². The van der Waals surface area contributed by atoms with Crippen molar-refractivity contribution in [3.8, 4) is 0 Å². The van der Waals surface area contributed by atoms with Crippen LogP contribution in [0.1, 0.15) is 10.4 Å². The molecule has 0 spiro atoms. The maximum atomic E-state index is 14.2. The van der Waals surface area contributed by atoms with Gasteiger partial charge in [0.2, 0.25) is 0 Å². The highest BCUT2D eigenvalue weighted by atomic mass is 35.6. The SMILES string of the molecule is O=Cc1cn(S(=O)(=O)c2ccccc2F)c2ccc(N3CCN(C(=O)C(Cl)(Cl)Cl)CC3)cc12. The average Bonchev–Trinajstić information content (AvgIpc) is 3.17. The van der Waals surface area contributed by atoms with Gasteiger partial charge in [-0.3, -0.25) is 9.59 Å². The lowest BCUT2D eigenvalue weighted by atomic mass is 10.1. The second kappa shape index (κ2) is 8.79. The minimum atomic E-state index is -4.27. The van der Waals surface area contributed by atoms with Gasteiger partial charge in [0.05, 0.1) is 5.52 Å². The molecule has 0 saturated carbocycles. The van der Waals surface area contributed by atoms with Crippen LogP contribution in [0, 0.1) is 5.82 Å². The number of alkyl halides is 3. The molecule has 0 bridgehead atoms. The van der Waals surface area contributed by atoms with Gasteiger partial charge in [0.15, 0.2) is 6.29 Å². The summed E-state index contributed by atoms with van der Waals surface area (Å²) >= 11 is 17.0. The minimum Gasteiger partial charge on any atom is -0.368 e. The Morgan fingerprint density at radius 2 is 1.70 bits per heavy atom. The molecule has 0 radical (unpaired) electrons. The van der Waals surface area contributed by atoms with Crippen molar-refractivity contribution < 1.29 is 22.4 Å². The molecule has 33 heavy (non-hydrogen) atoms. The van der Waals surface area contributed by atoms with Crippen LogP contribution in [0.5, 0.6) is 0 Å². The molecule has 1 amide bonds. The minimum absolute atomic E-state index is 0.150. The van der Waals surface area contributed by atoms with Crippen molar-refractivity contribution in [3.63, 3.8) is 0 Å². The van der Waals surface area contributed by atoms with Crippen molar-refractivity contribution >= 4 is 73.6 Å². The summed E-state index contributed by atoms with van der Waals surface area (Å²) in [6, 6.07) is 10.0. The van der Waals surface area contributed by atoms with E-state index in [9.17, 15) is 22.4 Å². The quantitative estimate of drug-likeness (QED) is 0.377. The van der Waals surface area contributed by atoms with Gasteiger partial charge in [0.25, 0.3) is 19.7 Å². The summed E-state index contributed by atoms with van der Waals surface area (Å²) in [5, 5.41) is 0.405. The lowest BCUT2D eigenvalue weighted by molar-refractivity contribution is -0.130. The molecule has 174 valence electrons. The fourth-order valence-electron chi connectivity index (χ4n) is 3.81. The Bertz CT molecular complexity index is 1350. The van der Waals surface area contributed by atoms with Crippen LogP contribution in [0.3, 0.4) is 0 Å². The number of amides is 1. The van der Waals surface area contributed by atoms with Crippen LogP contribution >= 0.6 is 34.8 Å². The Morgan fingerprint density at radius 3 is 2.30 bits per heavy atom. The number of hydrogen-bond acceptors (Lipinski definition) is 5. The summed E-state index contributed by atoms with van der Waals surface area (Å²) < 4.78 is 39.3. The zero-order chi connectivity index (χ0) is 24.0. The smallest absolute Gasteiger partial charge is 0.274 e. The van der Waals surface area contributed by atoms with Crippen molar-refractivity contribution in [1.82, 2.24) is 8.87 Å². The van der Waals surface area contributed by atoms with Gasteiger partial charge in [-0.2, -0.15) is 0 Å². The zero-order valence-electron chi connectivity index (χ0n) is 16.9. The van der Waals surface area contributed by atoms with Crippen molar-refractivity contribution in [2.75, 3.05) is 31.1 Å². The highest BCUT2D eigenvalue weighted by Crippen LogP contribution is 2.32. The molecule has 0 atom stereocenters. The van der Waals surface area contributed by atoms with Crippen LogP contribution in [-0.2, 0) is 14.8 Å². The molecular formula is C21H17Cl3FN3O4S. The summed E-state index contributed by atoms with van der Waals surface area (Å²) in [5.41, 5.74) is 1.12. The first-order chi connectivity index (χ1) is 15.5. The Kier molecular flexibility index (Phi) is 6.34. The number of nitrogens with zero attached hydrogens (tertiary/aromatic N) is 3. The van der Waals surface area contributed by atoms with Crippen molar-refractivity contribution in [2.45, 2.75) is 8.69 Å². The summed E-state index contributed by atoms with van der Waals surface area (Å²) in [7, 11) is -4.27. The third kappa shape index (κ3) is 4.42. The van der Waals surface area contributed by atoms with Gasteiger partial charge >= 0.3 is 0 Å². The van der Waals surface area contributed by atoms with Crippen LogP contribution in [0.25, 0.3) is 10.9 Å². The molecule has 4 rings (SSSR count). The number of carbonyl (C=O) groups excluding carboxylic acids is 2. The van der Waals surface area contributed by atoms with Crippen LogP contribution in [0.2, 0.25) is 0 Å². The van der Waals surface area contributed by atoms with Gasteiger partial charge in [-0.1, -0.05) is 46.9 Å². The molecule has 12 heteroatoms. The number of rotatable bonds is 4. The third-order valence-corrected chi connectivity index (χ3v) is 7.65. The summed E-state index contributed by atoms with van der Waals surface area (Å²) in [4.78, 5) is 26.8. The second-order valence-electron chi connectivity index (χ2n) is 7.41. The molecule has 3 aromatic rings. The fourth-order valence-corrected chi connectivity index (χ4v) is 5.62. The molecular weight excluding hydrogens is 516 g/mol. The van der Waals surface area contributed by atoms with E-state index in [1.54, 1.807) is 18.2 Å². The molecule has 0 unspecified atom stereocenters. The number of piperazine rings is 1. The summed E-state index contributed by atoms with van der Waals surface area (Å²) in [6.07, 6.45) is 1.73. The van der Waals surface area contributed by atoms with Gasteiger partial charge in [-0.05, 0) is 30.3 Å². The Balaban J connectivity index is 1.67. The Hall–Kier alpha value is -2.33. The number of hydrogen-bond donors (Lipinski definition) is 0. The van der Waals surface area contributed by atoms with Crippen LogP contribution in [0.4, 0.5) is 10.1 Å². The standard InChI is InChI=1S/C21H17Cl3FN3O4S/c22-21(23,24)20(30)27-9-7-26(8-10-27)15-5-6-18-16(11-15)14(13-29)12-28(18)33(31,32)19-4-2-1-3-17(19)25/h1-6,11-13H,7-10H2. The predicted molar refractivity (Wildman–Crippen MR) is 125 cm³/mol. The molecule has 0 N–H and O–H groups in total. The number of aldehydes is 1. The highest BCUT2D eigenvalue weighted by molar-refractivity contribution is 7.90. The van der Waals surface area contributed by atoms with Gasteiger partial charge < -0.3 is 9.80 Å². The topological polar surface area (TPSA) is 79.7 Å². The molecule has 1 aliphatic rings. The first kappa shape index (κ1) is 23.8. The van der Waals surface area contributed by atoms with E-state index in [0.29, 0.717) is 37.9 Å². The Morgan fingerprint density at radius 1 is 1.03 bits per heavy atom. The monoisotopic (exact) mass is 531 g/mol. The van der Waals surface area contributed by atoms with E-state index < -0.39 is 30.4 Å². The number of fused-ring (bicyclic) bond motifs is 1. The van der Waals surface area contributed by atoms with Gasteiger partial charge in [-0.15, -0.1) is 0 Å². The number of halogens is 4. The first-order valence-corrected chi connectivity index (χ1v) is 12.3. The van der Waals surface area contributed by atoms with E-state index >= 15 is 0 Å². The molecule has 0 aliphatic carbocycles. The highest BCUT2D eigenvalue weighted by Gasteiger charge is 2.36. The molecule has 7 nitrogen and oxygen atoms in total. The lowest BCUT2D eigenvalue weighted by Crippen LogP contribution is -2.51. The second-order valence-corrected chi connectivity index (χ2v) is 11.5. The molecule has 1 aromatic heterocycles. The molecule has 2 heterocycles. The first-order valence-electron chi connectivity index (χ1n) is 9.75. The van der Waals surface area contributed by atoms with Gasteiger partial charge in [0.1, 0.15) is 10.7 Å². The van der Waals surface area contributed by atoms with Crippen LogP contribution in [0.15, 0.2) is 53.6 Å². The average molecular weight is 533 g/mol. The lowest BCUT2D eigenvalue weighted by Gasteiger charge is -2.37. The van der Waals surface area contributed by atoms with E-state index in [-0.39, 0.29) is 11.1 Å². The third-order valence-electron chi connectivity index (χ3n) is 5.46. The normalized spacial score (nSPS) is 15.2. The molecule has 1 aliphatic heterocycles. The number of benzene rings is 2. The Labute approximate surface area is 204 Å². The zero-order valence-corrected chi connectivity index (χ0v) is 20.0. The number of carbonyl (C=O) groups is 2. The van der Waals surface area contributed by atoms with Crippen molar-refractivity contribution in [2.24, 2.45) is 0 Å². The van der Waals surface area contributed by atoms with Gasteiger partial charge in [-0.25, -0.2) is 16.8 Å². The fraction of sp³-hybridized carbons (Fsp3) is 0.238. The predicted octanol–water partition coefficient (Wildman–Crippen LogP) is 3.85. The summed E-state index contributed by atoms with van der Waals surface area (Å²) in [5.74, 6) is -1.48. The number of aromatic nitrogens is 1. The largest absolute Gasteiger partial charge is 0.368 e. The van der Waals surface area contributed by atoms with Crippen molar-refractivity contribution in [3.05, 3.63) is 60.0 Å². The maximum Gasteiger partial charge on any atom is 0.274 e. The molecule has 1 saturated heterocycles. The molecule has 1 fully saturated rings. The maximum absolute atomic E-state index is 14.2. The van der Waals surface area contributed by atoms with E-state index in [0.717, 1.165) is 15.7 Å². The van der Waals surface area contributed by atoms with E-state index in [4.69, 9.17) is 34.8 Å². The van der Waals surface area contributed by atoms with Crippen molar-refractivity contribution in [1.29, 1.82) is 0 Å². The van der Waals surface area contributed by atoms with E-state index in [2.05, 4.69) is 0 Å². The van der Waals surface area contributed by atoms with Crippen LogP contribution < -0.4 is 4.90 Å². The van der Waals surface area contributed by atoms with E-state index in [1.807, 2.05) is 4.90 Å². The summed E-state index contributed by atoms with van der Waals surface area (Å²) in [6.45, 7) is 1.55.